The van der Waals surface area contributed by atoms with Crippen LogP contribution in [0.15, 0.2) is 36.4 Å². The van der Waals surface area contributed by atoms with E-state index in [4.69, 9.17) is 10.5 Å². The van der Waals surface area contributed by atoms with Crippen LogP contribution in [-0.2, 0) is 12.8 Å². The zero-order chi connectivity index (χ0) is 15.7. The fourth-order valence-electron chi connectivity index (χ4n) is 3.46. The summed E-state index contributed by atoms with van der Waals surface area (Å²) >= 11 is 0. The van der Waals surface area contributed by atoms with E-state index in [1.54, 1.807) is 19.2 Å². The molecule has 0 amide bonds. The predicted molar refractivity (Wildman–Crippen MR) is 86.9 cm³/mol. The van der Waals surface area contributed by atoms with Gasteiger partial charge in [0.2, 0.25) is 0 Å². The summed E-state index contributed by atoms with van der Waals surface area (Å²) < 4.78 is 19.0. The fourth-order valence-corrected chi connectivity index (χ4v) is 3.46. The Kier molecular flexibility index (Phi) is 4.16. The highest BCUT2D eigenvalue weighted by molar-refractivity contribution is 5.47. The molecule has 116 valence electrons. The predicted octanol–water partition coefficient (Wildman–Crippen LogP) is 3.80. The Hall–Kier alpha value is -1.87. The Balaban J connectivity index is 2.12. The number of hydrogen-bond acceptors (Lipinski definition) is 2. The van der Waals surface area contributed by atoms with Gasteiger partial charge in [-0.3, -0.25) is 0 Å². The van der Waals surface area contributed by atoms with Crippen LogP contribution in [0.2, 0.25) is 0 Å². The van der Waals surface area contributed by atoms with Crippen LogP contribution in [0.4, 0.5) is 4.39 Å². The van der Waals surface area contributed by atoms with E-state index in [1.807, 2.05) is 19.1 Å². The average Bonchev–Trinajstić information content (AvgIpc) is 2.64. The monoisotopic (exact) mass is 299 g/mol. The van der Waals surface area contributed by atoms with E-state index < -0.39 is 0 Å². The quantitative estimate of drug-likeness (QED) is 0.935. The molecule has 2 atom stereocenters. The van der Waals surface area contributed by atoms with Crippen LogP contribution in [0.25, 0.3) is 0 Å². The van der Waals surface area contributed by atoms with E-state index in [0.29, 0.717) is 0 Å². The molecule has 0 saturated heterocycles. The van der Waals surface area contributed by atoms with Gasteiger partial charge in [-0.2, -0.15) is 0 Å². The molecule has 0 spiro atoms. The summed E-state index contributed by atoms with van der Waals surface area (Å²) in [6, 6.07) is 11.5. The third kappa shape index (κ3) is 2.86. The molecule has 1 aliphatic rings. The molecule has 2 unspecified atom stereocenters. The molecule has 0 heterocycles. The van der Waals surface area contributed by atoms with Crippen LogP contribution >= 0.6 is 0 Å². The fraction of sp³-hybridized carbons (Fsp3) is 0.368. The molecule has 0 aromatic heterocycles. The van der Waals surface area contributed by atoms with Gasteiger partial charge in [-0.05, 0) is 72.7 Å². The third-order valence-corrected chi connectivity index (χ3v) is 4.48. The van der Waals surface area contributed by atoms with Gasteiger partial charge >= 0.3 is 0 Å². The molecule has 2 aromatic rings. The van der Waals surface area contributed by atoms with Crippen molar-refractivity contribution in [3.8, 4) is 5.75 Å². The first kappa shape index (κ1) is 15.0. The third-order valence-electron chi connectivity index (χ3n) is 4.48. The molecule has 0 saturated carbocycles. The maximum Gasteiger partial charge on any atom is 0.123 e. The maximum atomic E-state index is 13.6. The van der Waals surface area contributed by atoms with Crippen LogP contribution in [0.5, 0.6) is 5.75 Å². The number of benzene rings is 2. The Morgan fingerprint density at radius 3 is 2.41 bits per heavy atom. The van der Waals surface area contributed by atoms with Gasteiger partial charge in [-0.1, -0.05) is 12.1 Å². The lowest BCUT2D eigenvalue weighted by Crippen LogP contribution is -2.20. The number of hydrogen-bond donors (Lipinski definition) is 1. The molecule has 2 N–H and O–H groups in total. The number of fused-ring (bicyclic) bond motifs is 2. The lowest BCUT2D eigenvalue weighted by Gasteiger charge is -2.22. The smallest absolute Gasteiger partial charge is 0.123 e. The molecule has 0 bridgehead atoms. The van der Waals surface area contributed by atoms with Crippen molar-refractivity contribution in [3.05, 3.63) is 64.5 Å². The van der Waals surface area contributed by atoms with E-state index in [2.05, 4.69) is 12.1 Å². The first-order valence-electron chi connectivity index (χ1n) is 7.79. The molecule has 3 rings (SSSR count). The first-order valence-corrected chi connectivity index (χ1v) is 7.79. The van der Waals surface area contributed by atoms with Crippen molar-refractivity contribution in [2.45, 2.75) is 38.1 Å². The molecule has 0 fully saturated rings. The lowest BCUT2D eigenvalue weighted by molar-refractivity contribution is 0.414. The molecule has 1 aliphatic carbocycles. The highest BCUT2D eigenvalue weighted by Gasteiger charge is 2.25. The second kappa shape index (κ2) is 6.09. The van der Waals surface area contributed by atoms with Crippen molar-refractivity contribution < 1.29 is 9.13 Å². The number of rotatable bonds is 3. The van der Waals surface area contributed by atoms with Gasteiger partial charge in [0.1, 0.15) is 11.6 Å². The lowest BCUT2D eigenvalue weighted by atomic mass is 9.84. The minimum atomic E-state index is -0.165. The summed E-state index contributed by atoms with van der Waals surface area (Å²) in [5.41, 5.74) is 11.0. The van der Waals surface area contributed by atoms with Crippen molar-refractivity contribution in [1.82, 2.24) is 0 Å². The summed E-state index contributed by atoms with van der Waals surface area (Å²) in [4.78, 5) is 0. The van der Waals surface area contributed by atoms with E-state index in [-0.39, 0.29) is 17.8 Å². The van der Waals surface area contributed by atoms with Crippen LogP contribution in [-0.4, -0.2) is 13.2 Å². The SMILES string of the molecule is COc1ccc2c(c1)CCc1cc(F)ccc1C2CC(C)N. The highest BCUT2D eigenvalue weighted by Crippen LogP contribution is 2.38. The standard InChI is InChI=1S/C19H22FNO/c1-12(21)9-19-17-7-5-15(20)10-13(17)3-4-14-11-16(22-2)6-8-18(14)19/h5-8,10-12,19H,3-4,9,21H2,1-2H3. The van der Waals surface area contributed by atoms with Crippen LogP contribution in [0.3, 0.4) is 0 Å². The van der Waals surface area contributed by atoms with Gasteiger partial charge in [-0.25, -0.2) is 4.39 Å². The maximum absolute atomic E-state index is 13.6. The molecule has 2 nitrogen and oxygen atoms in total. The Morgan fingerprint density at radius 2 is 1.77 bits per heavy atom. The zero-order valence-corrected chi connectivity index (χ0v) is 13.1. The summed E-state index contributed by atoms with van der Waals surface area (Å²) in [7, 11) is 1.68. The highest BCUT2D eigenvalue weighted by atomic mass is 19.1. The minimum absolute atomic E-state index is 0.0935. The van der Waals surface area contributed by atoms with Gasteiger partial charge in [0.25, 0.3) is 0 Å². The van der Waals surface area contributed by atoms with E-state index in [1.165, 1.54) is 16.7 Å². The van der Waals surface area contributed by atoms with Crippen molar-refractivity contribution in [3.63, 3.8) is 0 Å². The van der Waals surface area contributed by atoms with Gasteiger partial charge in [0, 0.05) is 12.0 Å². The van der Waals surface area contributed by atoms with Crippen molar-refractivity contribution in [2.24, 2.45) is 5.73 Å². The summed E-state index contributed by atoms with van der Waals surface area (Å²) in [6.07, 6.45) is 2.61. The van der Waals surface area contributed by atoms with Crippen molar-refractivity contribution in [1.29, 1.82) is 0 Å². The Morgan fingerprint density at radius 1 is 1.14 bits per heavy atom. The normalized spacial score (nSPS) is 18.1. The van der Waals surface area contributed by atoms with E-state index in [9.17, 15) is 4.39 Å². The number of methoxy groups -OCH3 is 1. The summed E-state index contributed by atoms with van der Waals surface area (Å²) in [5.74, 6) is 0.927. The largest absolute Gasteiger partial charge is 0.497 e. The molecular weight excluding hydrogens is 277 g/mol. The Bertz CT molecular complexity index is 681. The van der Waals surface area contributed by atoms with Crippen molar-refractivity contribution >= 4 is 0 Å². The van der Waals surface area contributed by atoms with Crippen LogP contribution in [0, 0.1) is 5.82 Å². The van der Waals surface area contributed by atoms with Crippen LogP contribution < -0.4 is 10.5 Å². The number of nitrogens with two attached hydrogens (primary N) is 1. The molecular formula is C19H22FNO. The van der Waals surface area contributed by atoms with Gasteiger partial charge in [0.05, 0.1) is 7.11 Å². The average molecular weight is 299 g/mol. The second-order valence-corrected chi connectivity index (χ2v) is 6.17. The molecule has 0 radical (unpaired) electrons. The van der Waals surface area contributed by atoms with E-state index in [0.717, 1.165) is 30.6 Å². The van der Waals surface area contributed by atoms with E-state index >= 15 is 0 Å². The molecule has 22 heavy (non-hydrogen) atoms. The summed E-state index contributed by atoms with van der Waals surface area (Å²) in [5, 5.41) is 0. The van der Waals surface area contributed by atoms with Crippen LogP contribution in [0.1, 0.15) is 41.5 Å². The minimum Gasteiger partial charge on any atom is -0.497 e. The zero-order valence-electron chi connectivity index (χ0n) is 13.1. The number of ether oxygens (including phenoxy) is 1. The van der Waals surface area contributed by atoms with Gasteiger partial charge in [-0.15, -0.1) is 0 Å². The molecule has 0 aliphatic heterocycles. The topological polar surface area (TPSA) is 35.2 Å². The second-order valence-electron chi connectivity index (χ2n) is 6.17. The summed E-state index contributed by atoms with van der Waals surface area (Å²) in [6.45, 7) is 2.03. The number of aryl methyl sites for hydroxylation is 2. The Labute approximate surface area is 131 Å². The van der Waals surface area contributed by atoms with Crippen molar-refractivity contribution in [2.75, 3.05) is 7.11 Å². The number of halogens is 1. The molecule has 2 aromatic carbocycles. The molecule has 3 heteroatoms. The van der Waals surface area contributed by atoms with Gasteiger partial charge in [0.15, 0.2) is 0 Å². The van der Waals surface area contributed by atoms with Gasteiger partial charge < -0.3 is 10.5 Å². The first-order chi connectivity index (χ1) is 10.6.